The molecule has 4 nitrogen and oxygen atoms in total. The Morgan fingerprint density at radius 3 is 2.80 bits per heavy atom. The molecule has 0 unspecified atom stereocenters. The first-order valence-electron chi connectivity index (χ1n) is 4.71. The van der Waals surface area contributed by atoms with E-state index >= 15 is 0 Å². The maximum absolute atomic E-state index is 10.5. The van der Waals surface area contributed by atoms with Gasteiger partial charge in [0.2, 0.25) is 0 Å². The highest BCUT2D eigenvalue weighted by atomic mass is 32.2. The lowest BCUT2D eigenvalue weighted by molar-refractivity contribution is 0.405. The van der Waals surface area contributed by atoms with E-state index in [-0.39, 0.29) is 5.75 Å². The molecule has 0 spiro atoms. The zero-order chi connectivity index (χ0) is 11.3. The first kappa shape index (κ1) is 12.0. The van der Waals surface area contributed by atoms with Crippen LogP contribution >= 0.6 is 0 Å². The molecule has 15 heavy (non-hydrogen) atoms. The summed E-state index contributed by atoms with van der Waals surface area (Å²) in [4.78, 5) is 1.98. The number of allylic oxidation sites excluding steroid dienone is 3. The van der Waals surface area contributed by atoms with Gasteiger partial charge >= 0.3 is 0 Å². The summed E-state index contributed by atoms with van der Waals surface area (Å²) in [6.07, 6.45) is 8.04. The summed E-state index contributed by atoms with van der Waals surface area (Å²) >= 11 is 0. The highest BCUT2D eigenvalue weighted by molar-refractivity contribution is 7.85. The molecule has 0 saturated carbocycles. The van der Waals surface area contributed by atoms with Crippen molar-refractivity contribution < 1.29 is 13.0 Å². The Bertz CT molecular complexity index is 381. The molecule has 0 fully saturated rings. The first-order chi connectivity index (χ1) is 7.01. The van der Waals surface area contributed by atoms with Crippen LogP contribution in [-0.4, -0.2) is 36.7 Å². The van der Waals surface area contributed by atoms with Crippen LogP contribution in [0.5, 0.6) is 0 Å². The molecule has 84 valence electrons. The minimum atomic E-state index is -3.82. The summed E-state index contributed by atoms with van der Waals surface area (Å²) in [6.45, 7) is 5.03. The topological polar surface area (TPSA) is 57.6 Å². The molecular weight excluding hydrogens is 214 g/mol. The lowest BCUT2D eigenvalue weighted by Gasteiger charge is -2.21. The standard InChI is InChI=1S/C10H15NO3S/c1-2-10-4-7-11(8-5-10)6-3-9-15(12,13)14/h2,4-5,7H,1,3,6,8-9H2,(H,12,13,14). The molecule has 1 aliphatic rings. The van der Waals surface area contributed by atoms with E-state index in [9.17, 15) is 8.42 Å². The predicted molar refractivity (Wildman–Crippen MR) is 60.0 cm³/mol. The molecule has 1 rings (SSSR count). The maximum atomic E-state index is 10.5. The molecule has 1 heterocycles. The van der Waals surface area contributed by atoms with E-state index in [1.165, 1.54) is 0 Å². The fourth-order valence-corrected chi connectivity index (χ4v) is 1.80. The molecule has 0 aromatic rings. The summed E-state index contributed by atoms with van der Waals surface area (Å²) in [5, 5.41) is 0. The summed E-state index contributed by atoms with van der Waals surface area (Å²) in [5.74, 6) is -0.185. The third-order valence-electron chi connectivity index (χ3n) is 2.12. The average Bonchev–Trinajstić information content (AvgIpc) is 2.17. The number of hydrogen-bond acceptors (Lipinski definition) is 3. The monoisotopic (exact) mass is 229 g/mol. The SMILES string of the molecule is C=CC1=CCN(CCCS(=O)(=O)O)C=C1. The van der Waals surface area contributed by atoms with Crippen molar-refractivity contribution in [1.29, 1.82) is 0 Å². The largest absolute Gasteiger partial charge is 0.374 e. The van der Waals surface area contributed by atoms with E-state index in [1.54, 1.807) is 6.08 Å². The second-order valence-electron chi connectivity index (χ2n) is 3.36. The van der Waals surface area contributed by atoms with Gasteiger partial charge in [-0.3, -0.25) is 4.55 Å². The molecule has 0 atom stereocenters. The van der Waals surface area contributed by atoms with Crippen LogP contribution in [0.2, 0.25) is 0 Å². The van der Waals surface area contributed by atoms with Gasteiger partial charge in [-0.15, -0.1) is 0 Å². The summed E-state index contributed by atoms with van der Waals surface area (Å²) in [7, 11) is -3.82. The highest BCUT2D eigenvalue weighted by Crippen LogP contribution is 2.08. The van der Waals surface area contributed by atoms with E-state index in [2.05, 4.69) is 6.58 Å². The Kier molecular flexibility index (Phi) is 4.11. The van der Waals surface area contributed by atoms with Gasteiger partial charge in [-0.05, 0) is 24.3 Å². The first-order valence-corrected chi connectivity index (χ1v) is 6.32. The Hall–Kier alpha value is -1.07. The molecule has 0 saturated heterocycles. The van der Waals surface area contributed by atoms with Gasteiger partial charge in [0.25, 0.3) is 10.1 Å². The summed E-state index contributed by atoms with van der Waals surface area (Å²) in [6, 6.07) is 0. The van der Waals surface area contributed by atoms with Crippen LogP contribution in [0.3, 0.4) is 0 Å². The van der Waals surface area contributed by atoms with Crippen LogP contribution in [0, 0.1) is 0 Å². The lowest BCUT2D eigenvalue weighted by atomic mass is 10.2. The van der Waals surface area contributed by atoms with Gasteiger partial charge < -0.3 is 4.90 Å². The van der Waals surface area contributed by atoms with Crippen LogP contribution in [0.4, 0.5) is 0 Å². The van der Waals surface area contributed by atoms with Crippen molar-refractivity contribution in [2.75, 3.05) is 18.8 Å². The fraction of sp³-hybridized carbons (Fsp3) is 0.400. The molecule has 0 aliphatic carbocycles. The molecule has 1 N–H and O–H groups in total. The normalized spacial score (nSPS) is 16.3. The minimum Gasteiger partial charge on any atom is -0.374 e. The third-order valence-corrected chi connectivity index (χ3v) is 2.93. The molecule has 5 heteroatoms. The van der Waals surface area contributed by atoms with E-state index in [0.717, 1.165) is 12.1 Å². The van der Waals surface area contributed by atoms with E-state index in [1.807, 2.05) is 23.3 Å². The van der Waals surface area contributed by atoms with Crippen molar-refractivity contribution in [3.8, 4) is 0 Å². The van der Waals surface area contributed by atoms with Gasteiger partial charge in [0.05, 0.1) is 5.75 Å². The van der Waals surface area contributed by atoms with Gasteiger partial charge in [0, 0.05) is 13.1 Å². The predicted octanol–water partition coefficient (Wildman–Crippen LogP) is 1.21. The molecule has 0 bridgehead atoms. The Labute approximate surface area is 90.3 Å². The molecule has 0 aromatic carbocycles. The van der Waals surface area contributed by atoms with Gasteiger partial charge in [0.1, 0.15) is 0 Å². The number of hydrogen-bond donors (Lipinski definition) is 1. The summed E-state index contributed by atoms with van der Waals surface area (Å²) < 4.78 is 29.5. The number of rotatable bonds is 5. The number of nitrogens with zero attached hydrogens (tertiary/aromatic N) is 1. The lowest BCUT2D eigenvalue weighted by Crippen LogP contribution is -2.22. The molecule has 0 aromatic heterocycles. The van der Waals surface area contributed by atoms with Crippen LogP contribution in [0.25, 0.3) is 0 Å². The van der Waals surface area contributed by atoms with Crippen molar-refractivity contribution >= 4 is 10.1 Å². The Morgan fingerprint density at radius 2 is 2.33 bits per heavy atom. The minimum absolute atomic E-state index is 0.185. The van der Waals surface area contributed by atoms with Crippen molar-refractivity contribution in [2.45, 2.75) is 6.42 Å². The smallest absolute Gasteiger partial charge is 0.264 e. The van der Waals surface area contributed by atoms with Crippen LogP contribution in [0.15, 0.2) is 36.6 Å². The highest BCUT2D eigenvalue weighted by Gasteiger charge is 2.07. The van der Waals surface area contributed by atoms with Crippen LogP contribution in [0.1, 0.15) is 6.42 Å². The third kappa shape index (κ3) is 4.80. The average molecular weight is 229 g/mol. The van der Waals surface area contributed by atoms with Crippen LogP contribution in [-0.2, 0) is 10.1 Å². The molecule has 1 aliphatic heterocycles. The van der Waals surface area contributed by atoms with Crippen molar-refractivity contribution in [3.05, 3.63) is 36.6 Å². The van der Waals surface area contributed by atoms with Crippen molar-refractivity contribution in [1.82, 2.24) is 4.90 Å². The zero-order valence-electron chi connectivity index (χ0n) is 8.46. The van der Waals surface area contributed by atoms with Crippen molar-refractivity contribution in [3.63, 3.8) is 0 Å². The van der Waals surface area contributed by atoms with Gasteiger partial charge in [0.15, 0.2) is 0 Å². The second-order valence-corrected chi connectivity index (χ2v) is 4.93. The molecular formula is C10H15NO3S. The van der Waals surface area contributed by atoms with E-state index in [4.69, 9.17) is 4.55 Å². The molecule has 0 radical (unpaired) electrons. The second kappa shape index (κ2) is 5.14. The van der Waals surface area contributed by atoms with Gasteiger partial charge in [-0.1, -0.05) is 18.7 Å². The fourth-order valence-electron chi connectivity index (χ4n) is 1.31. The van der Waals surface area contributed by atoms with Crippen molar-refractivity contribution in [2.24, 2.45) is 0 Å². The van der Waals surface area contributed by atoms with Crippen LogP contribution < -0.4 is 0 Å². The van der Waals surface area contributed by atoms with Gasteiger partial charge in [-0.2, -0.15) is 8.42 Å². The maximum Gasteiger partial charge on any atom is 0.264 e. The van der Waals surface area contributed by atoms with E-state index < -0.39 is 10.1 Å². The molecule has 0 amide bonds. The van der Waals surface area contributed by atoms with Gasteiger partial charge in [-0.25, -0.2) is 0 Å². The zero-order valence-corrected chi connectivity index (χ0v) is 9.28. The summed E-state index contributed by atoms with van der Waals surface area (Å²) in [5.41, 5.74) is 1.07. The Morgan fingerprint density at radius 1 is 1.60 bits per heavy atom. The Balaban J connectivity index is 2.29. The quantitative estimate of drug-likeness (QED) is 0.720. The van der Waals surface area contributed by atoms with E-state index in [0.29, 0.717) is 13.0 Å².